The number of aromatic nitrogens is 2. The number of hydrogen-bond acceptors (Lipinski definition) is 6. The SMILES string of the molecule is CC(=O)c1ccc(Nc2ncnc(Oc3ccc4ccccc4c3)c2N)cc1. The summed E-state index contributed by atoms with van der Waals surface area (Å²) in [5, 5.41) is 5.32. The number of benzene rings is 3. The van der Waals surface area contributed by atoms with Gasteiger partial charge in [0.15, 0.2) is 11.6 Å². The molecule has 0 aliphatic carbocycles. The number of nitrogens with two attached hydrogens (primary N) is 1. The average Bonchev–Trinajstić information content (AvgIpc) is 2.71. The van der Waals surface area contributed by atoms with E-state index in [1.165, 1.54) is 13.3 Å². The summed E-state index contributed by atoms with van der Waals surface area (Å²) in [7, 11) is 0. The Bertz CT molecular complexity index is 1160. The molecule has 0 radical (unpaired) electrons. The Hall–Kier alpha value is -3.93. The molecule has 1 heterocycles. The molecule has 28 heavy (non-hydrogen) atoms. The second-order valence-electron chi connectivity index (χ2n) is 6.31. The smallest absolute Gasteiger partial charge is 0.248 e. The minimum absolute atomic E-state index is 0.0131. The number of carbonyl (C=O) groups is 1. The van der Waals surface area contributed by atoms with E-state index in [2.05, 4.69) is 15.3 Å². The van der Waals surface area contributed by atoms with Gasteiger partial charge in [-0.15, -0.1) is 0 Å². The van der Waals surface area contributed by atoms with Crippen molar-refractivity contribution in [1.82, 2.24) is 9.97 Å². The molecule has 0 fully saturated rings. The lowest BCUT2D eigenvalue weighted by molar-refractivity contribution is 0.101. The number of rotatable bonds is 5. The number of nitrogens with one attached hydrogen (secondary N) is 1. The zero-order valence-corrected chi connectivity index (χ0v) is 15.2. The Morgan fingerprint density at radius 3 is 2.46 bits per heavy atom. The minimum Gasteiger partial charge on any atom is -0.437 e. The lowest BCUT2D eigenvalue weighted by atomic mass is 10.1. The second-order valence-corrected chi connectivity index (χ2v) is 6.31. The van der Waals surface area contributed by atoms with Gasteiger partial charge in [-0.25, -0.2) is 4.98 Å². The molecule has 0 saturated carbocycles. The molecule has 138 valence electrons. The first-order valence-corrected chi connectivity index (χ1v) is 8.75. The molecule has 6 heteroatoms. The van der Waals surface area contributed by atoms with Crippen LogP contribution in [0.5, 0.6) is 11.6 Å². The van der Waals surface area contributed by atoms with E-state index in [1.54, 1.807) is 24.3 Å². The predicted octanol–water partition coefficient (Wildman–Crippen LogP) is 4.95. The van der Waals surface area contributed by atoms with Crippen LogP contribution in [0.3, 0.4) is 0 Å². The van der Waals surface area contributed by atoms with E-state index >= 15 is 0 Å². The van der Waals surface area contributed by atoms with Crippen LogP contribution in [-0.2, 0) is 0 Å². The van der Waals surface area contributed by atoms with Gasteiger partial charge >= 0.3 is 0 Å². The second kappa shape index (κ2) is 7.36. The monoisotopic (exact) mass is 370 g/mol. The molecule has 0 unspecified atom stereocenters. The molecule has 3 N–H and O–H groups in total. The first-order valence-electron chi connectivity index (χ1n) is 8.75. The van der Waals surface area contributed by atoms with Crippen LogP contribution in [0, 0.1) is 0 Å². The molecular weight excluding hydrogens is 352 g/mol. The van der Waals surface area contributed by atoms with Crippen molar-refractivity contribution >= 4 is 33.7 Å². The third-order valence-electron chi connectivity index (χ3n) is 4.34. The summed E-state index contributed by atoms with van der Waals surface area (Å²) < 4.78 is 5.89. The normalized spacial score (nSPS) is 10.6. The highest BCUT2D eigenvalue weighted by Crippen LogP contribution is 2.32. The van der Waals surface area contributed by atoms with E-state index in [9.17, 15) is 4.79 Å². The van der Waals surface area contributed by atoms with Crippen molar-refractivity contribution in [1.29, 1.82) is 0 Å². The number of ketones is 1. The third kappa shape index (κ3) is 3.61. The highest BCUT2D eigenvalue weighted by Gasteiger charge is 2.11. The van der Waals surface area contributed by atoms with Gasteiger partial charge in [-0.05, 0) is 54.1 Å². The number of carbonyl (C=O) groups excluding carboxylic acids is 1. The lowest BCUT2D eigenvalue weighted by Gasteiger charge is -2.12. The quantitative estimate of drug-likeness (QED) is 0.483. The summed E-state index contributed by atoms with van der Waals surface area (Å²) in [6, 6.07) is 20.9. The minimum atomic E-state index is 0.0131. The van der Waals surface area contributed by atoms with Crippen LogP contribution in [0.1, 0.15) is 17.3 Å². The molecule has 0 spiro atoms. The van der Waals surface area contributed by atoms with Crippen LogP contribution in [0.2, 0.25) is 0 Å². The van der Waals surface area contributed by atoms with Crippen LogP contribution >= 0.6 is 0 Å². The largest absolute Gasteiger partial charge is 0.437 e. The highest BCUT2D eigenvalue weighted by molar-refractivity contribution is 5.94. The summed E-state index contributed by atoms with van der Waals surface area (Å²) in [6.07, 6.45) is 1.39. The zero-order valence-electron chi connectivity index (χ0n) is 15.2. The van der Waals surface area contributed by atoms with Gasteiger partial charge in [0.25, 0.3) is 0 Å². The first-order chi connectivity index (χ1) is 13.6. The zero-order chi connectivity index (χ0) is 19.5. The number of fused-ring (bicyclic) bond motifs is 1. The summed E-state index contributed by atoms with van der Waals surface area (Å²) in [5.74, 6) is 1.36. The Morgan fingerprint density at radius 2 is 1.71 bits per heavy atom. The summed E-state index contributed by atoms with van der Waals surface area (Å²) >= 11 is 0. The van der Waals surface area contributed by atoms with Crippen LogP contribution < -0.4 is 15.8 Å². The number of nitrogen functional groups attached to an aromatic ring is 1. The topological polar surface area (TPSA) is 90.1 Å². The number of hydrogen-bond donors (Lipinski definition) is 2. The molecule has 0 aliphatic rings. The molecule has 0 bridgehead atoms. The van der Waals surface area contributed by atoms with E-state index in [1.807, 2.05) is 42.5 Å². The summed E-state index contributed by atoms with van der Waals surface area (Å²) in [5.41, 5.74) is 7.90. The summed E-state index contributed by atoms with van der Waals surface area (Å²) in [4.78, 5) is 19.7. The van der Waals surface area contributed by atoms with Gasteiger partial charge in [0.1, 0.15) is 17.8 Å². The molecule has 0 saturated heterocycles. The number of anilines is 3. The number of Topliss-reactive ketones (excluding diaryl/α,β-unsaturated/α-hetero) is 1. The molecule has 0 atom stereocenters. The Balaban J connectivity index is 1.58. The Labute approximate surface area is 162 Å². The van der Waals surface area contributed by atoms with Gasteiger partial charge in [0.05, 0.1) is 0 Å². The highest BCUT2D eigenvalue weighted by atomic mass is 16.5. The van der Waals surface area contributed by atoms with E-state index in [-0.39, 0.29) is 11.7 Å². The van der Waals surface area contributed by atoms with Gasteiger partial charge in [0.2, 0.25) is 5.88 Å². The molecule has 4 rings (SSSR count). The number of nitrogens with zero attached hydrogens (tertiary/aromatic N) is 2. The lowest BCUT2D eigenvalue weighted by Crippen LogP contribution is -2.03. The molecule has 0 amide bonds. The van der Waals surface area contributed by atoms with Gasteiger partial charge in [0, 0.05) is 11.3 Å². The van der Waals surface area contributed by atoms with Crippen LogP contribution in [0.15, 0.2) is 73.1 Å². The molecule has 1 aromatic heterocycles. The fraction of sp³-hybridized carbons (Fsp3) is 0.0455. The Kier molecular flexibility index (Phi) is 4.60. The van der Waals surface area contributed by atoms with Crippen LogP contribution in [0.25, 0.3) is 10.8 Å². The van der Waals surface area contributed by atoms with E-state index in [4.69, 9.17) is 10.5 Å². The first kappa shape index (κ1) is 17.5. The molecule has 3 aromatic carbocycles. The van der Waals surface area contributed by atoms with Gasteiger partial charge < -0.3 is 15.8 Å². The van der Waals surface area contributed by atoms with Gasteiger partial charge in [-0.3, -0.25) is 4.79 Å². The van der Waals surface area contributed by atoms with Crippen molar-refractivity contribution in [2.45, 2.75) is 6.92 Å². The number of ether oxygens (including phenoxy) is 1. The van der Waals surface area contributed by atoms with Crippen molar-refractivity contribution in [2.75, 3.05) is 11.1 Å². The fourth-order valence-electron chi connectivity index (χ4n) is 2.83. The van der Waals surface area contributed by atoms with Crippen molar-refractivity contribution in [3.8, 4) is 11.6 Å². The van der Waals surface area contributed by atoms with Crippen molar-refractivity contribution < 1.29 is 9.53 Å². The summed E-state index contributed by atoms with van der Waals surface area (Å²) in [6.45, 7) is 1.53. The maximum Gasteiger partial charge on any atom is 0.248 e. The maximum atomic E-state index is 11.4. The van der Waals surface area contributed by atoms with Crippen molar-refractivity contribution in [2.24, 2.45) is 0 Å². The van der Waals surface area contributed by atoms with Crippen LogP contribution in [0.4, 0.5) is 17.2 Å². The predicted molar refractivity (Wildman–Crippen MR) is 110 cm³/mol. The Morgan fingerprint density at radius 1 is 0.964 bits per heavy atom. The molecular formula is C22H18N4O2. The maximum absolute atomic E-state index is 11.4. The van der Waals surface area contributed by atoms with E-state index in [0.717, 1.165) is 16.5 Å². The molecule has 4 aromatic rings. The van der Waals surface area contributed by atoms with Gasteiger partial charge in [-0.1, -0.05) is 30.3 Å². The standard InChI is InChI=1S/C22H18N4O2/c1-14(27)15-6-9-18(10-7-15)26-21-20(23)22(25-13-24-21)28-19-11-8-16-4-2-3-5-17(16)12-19/h2-13H,23H2,1H3,(H,24,25,26). The van der Waals surface area contributed by atoms with Crippen LogP contribution in [-0.4, -0.2) is 15.8 Å². The fourth-order valence-corrected chi connectivity index (χ4v) is 2.83. The molecule has 0 aliphatic heterocycles. The third-order valence-corrected chi connectivity index (χ3v) is 4.34. The van der Waals surface area contributed by atoms with Crippen molar-refractivity contribution in [3.63, 3.8) is 0 Å². The average molecular weight is 370 g/mol. The van der Waals surface area contributed by atoms with E-state index < -0.39 is 0 Å². The van der Waals surface area contributed by atoms with Gasteiger partial charge in [-0.2, -0.15) is 4.98 Å². The van der Waals surface area contributed by atoms with Crippen molar-refractivity contribution in [3.05, 3.63) is 78.6 Å². The molecule has 6 nitrogen and oxygen atoms in total. The van der Waals surface area contributed by atoms with E-state index in [0.29, 0.717) is 22.8 Å².